The number of nitrogens with one attached hydrogen (secondary N) is 1. The number of hydrogen-bond donors (Lipinski definition) is 2. The van der Waals surface area contributed by atoms with E-state index in [2.05, 4.69) is 11.3 Å². The Hall–Kier alpha value is -1.17. The van der Waals surface area contributed by atoms with Crippen LogP contribution in [-0.4, -0.2) is 25.8 Å². The first kappa shape index (κ1) is 14.9. The van der Waals surface area contributed by atoms with Crippen LogP contribution in [0.2, 0.25) is 0 Å². The maximum absolute atomic E-state index is 11.5. The summed E-state index contributed by atoms with van der Waals surface area (Å²) in [6.45, 7) is 3.71. The van der Waals surface area contributed by atoms with Crippen LogP contribution in [0, 0.1) is 0 Å². The van der Waals surface area contributed by atoms with E-state index in [1.165, 1.54) is 0 Å². The Kier molecular flexibility index (Phi) is 6.04. The lowest BCUT2D eigenvalue weighted by molar-refractivity contribution is 0.169. The second kappa shape index (κ2) is 7.31. The molecule has 0 heterocycles. The molecule has 0 radical (unpaired) electrons. The van der Waals surface area contributed by atoms with Crippen molar-refractivity contribution in [2.75, 3.05) is 12.3 Å². The second-order valence-corrected chi connectivity index (χ2v) is 5.93. The lowest BCUT2D eigenvalue weighted by Gasteiger charge is -2.11. The molecule has 1 atom stereocenters. The highest BCUT2D eigenvalue weighted by atomic mass is 32.2. The van der Waals surface area contributed by atoms with Crippen molar-refractivity contribution in [3.05, 3.63) is 48.6 Å². The van der Waals surface area contributed by atoms with Gasteiger partial charge in [0.05, 0.1) is 11.9 Å². The number of sulfonamides is 1. The Morgan fingerprint density at radius 1 is 1.33 bits per heavy atom. The van der Waals surface area contributed by atoms with Gasteiger partial charge < -0.3 is 5.11 Å². The van der Waals surface area contributed by atoms with Crippen molar-refractivity contribution in [2.45, 2.75) is 18.9 Å². The minimum Gasteiger partial charge on any atom is -0.388 e. The van der Waals surface area contributed by atoms with Crippen LogP contribution in [0.3, 0.4) is 0 Å². The first-order chi connectivity index (χ1) is 8.55. The molecule has 1 unspecified atom stereocenters. The van der Waals surface area contributed by atoms with Crippen molar-refractivity contribution in [1.82, 2.24) is 4.72 Å². The van der Waals surface area contributed by atoms with Crippen LogP contribution >= 0.6 is 0 Å². The fourth-order valence-corrected chi connectivity index (χ4v) is 2.55. The quantitative estimate of drug-likeness (QED) is 0.705. The number of rotatable bonds is 8. The van der Waals surface area contributed by atoms with Crippen molar-refractivity contribution in [3.63, 3.8) is 0 Å². The van der Waals surface area contributed by atoms with Crippen LogP contribution in [0.25, 0.3) is 0 Å². The van der Waals surface area contributed by atoms with E-state index in [-0.39, 0.29) is 12.3 Å². The van der Waals surface area contributed by atoms with Gasteiger partial charge in [0.15, 0.2) is 0 Å². The summed E-state index contributed by atoms with van der Waals surface area (Å²) in [7, 11) is -3.25. The fourth-order valence-electron chi connectivity index (χ4n) is 1.50. The molecule has 1 rings (SSSR count). The van der Waals surface area contributed by atoms with Crippen LogP contribution in [0.15, 0.2) is 43.0 Å². The molecule has 5 heteroatoms. The van der Waals surface area contributed by atoms with Gasteiger partial charge in [0, 0.05) is 6.54 Å². The molecular formula is C13H19NO3S. The first-order valence-electron chi connectivity index (χ1n) is 5.86. The smallest absolute Gasteiger partial charge is 0.211 e. The van der Waals surface area contributed by atoms with E-state index in [1.54, 1.807) is 6.08 Å². The van der Waals surface area contributed by atoms with Gasteiger partial charge >= 0.3 is 0 Å². The molecule has 0 saturated heterocycles. The molecule has 0 aromatic heterocycles. The molecule has 1 aromatic carbocycles. The molecule has 0 aliphatic carbocycles. The Balaban J connectivity index is 2.36. The third-order valence-corrected chi connectivity index (χ3v) is 3.93. The Labute approximate surface area is 108 Å². The summed E-state index contributed by atoms with van der Waals surface area (Å²) in [4.78, 5) is 0. The van der Waals surface area contributed by atoms with Gasteiger partial charge in [-0.25, -0.2) is 13.1 Å². The molecule has 0 aliphatic heterocycles. The molecule has 0 aliphatic rings. The molecule has 2 N–H and O–H groups in total. The summed E-state index contributed by atoms with van der Waals surface area (Å²) in [6.07, 6.45) is 1.71. The van der Waals surface area contributed by atoms with Crippen molar-refractivity contribution in [3.8, 4) is 0 Å². The summed E-state index contributed by atoms with van der Waals surface area (Å²) >= 11 is 0. The molecule has 4 nitrogen and oxygen atoms in total. The van der Waals surface area contributed by atoms with Gasteiger partial charge in [-0.1, -0.05) is 36.4 Å². The summed E-state index contributed by atoms with van der Waals surface area (Å²) in [5.74, 6) is 0.0396. The number of allylic oxidation sites excluding steroid dienone is 1. The van der Waals surface area contributed by atoms with E-state index in [1.807, 2.05) is 30.3 Å². The molecule has 0 saturated carbocycles. The number of benzene rings is 1. The predicted molar refractivity (Wildman–Crippen MR) is 72.6 cm³/mol. The zero-order valence-corrected chi connectivity index (χ0v) is 11.1. The summed E-state index contributed by atoms with van der Waals surface area (Å²) < 4.78 is 25.4. The zero-order chi connectivity index (χ0) is 13.4. The van der Waals surface area contributed by atoms with Crippen molar-refractivity contribution in [1.29, 1.82) is 0 Å². The van der Waals surface area contributed by atoms with Crippen molar-refractivity contribution < 1.29 is 13.5 Å². The normalized spacial score (nSPS) is 13.2. The van der Waals surface area contributed by atoms with E-state index < -0.39 is 16.1 Å². The molecular weight excluding hydrogens is 250 g/mol. The van der Waals surface area contributed by atoms with Gasteiger partial charge in [-0.3, -0.25) is 0 Å². The second-order valence-electron chi connectivity index (χ2n) is 4.01. The Bertz CT molecular complexity index is 456. The Morgan fingerprint density at radius 2 is 2.00 bits per heavy atom. The highest BCUT2D eigenvalue weighted by molar-refractivity contribution is 7.89. The third-order valence-electron chi connectivity index (χ3n) is 2.51. The number of aliphatic hydroxyl groups is 1. The van der Waals surface area contributed by atoms with Crippen LogP contribution in [0.4, 0.5) is 0 Å². The molecule has 0 fully saturated rings. The minimum absolute atomic E-state index is 0.0396. The van der Waals surface area contributed by atoms with Crippen LogP contribution in [-0.2, 0) is 10.0 Å². The van der Waals surface area contributed by atoms with E-state index in [0.717, 1.165) is 5.56 Å². The average Bonchev–Trinajstić information content (AvgIpc) is 2.37. The number of hydrogen-bond acceptors (Lipinski definition) is 3. The molecule has 18 heavy (non-hydrogen) atoms. The SMILES string of the molecule is C=CCCS(=O)(=O)NCCC(O)c1ccccc1. The van der Waals surface area contributed by atoms with Gasteiger partial charge in [-0.15, -0.1) is 6.58 Å². The third kappa shape index (κ3) is 5.44. The highest BCUT2D eigenvalue weighted by Crippen LogP contribution is 2.14. The topological polar surface area (TPSA) is 66.4 Å². The molecule has 1 aromatic rings. The highest BCUT2D eigenvalue weighted by Gasteiger charge is 2.11. The van der Waals surface area contributed by atoms with Crippen LogP contribution in [0.1, 0.15) is 24.5 Å². The lowest BCUT2D eigenvalue weighted by Crippen LogP contribution is -2.28. The zero-order valence-electron chi connectivity index (χ0n) is 10.2. The summed E-state index contributed by atoms with van der Waals surface area (Å²) in [6, 6.07) is 9.18. The van der Waals surface area contributed by atoms with Crippen molar-refractivity contribution >= 4 is 10.0 Å². The van der Waals surface area contributed by atoms with Gasteiger partial charge in [0.2, 0.25) is 10.0 Å². The largest absolute Gasteiger partial charge is 0.388 e. The number of aliphatic hydroxyl groups excluding tert-OH is 1. The molecule has 0 amide bonds. The lowest BCUT2D eigenvalue weighted by atomic mass is 10.1. The van der Waals surface area contributed by atoms with E-state index in [9.17, 15) is 13.5 Å². The maximum atomic E-state index is 11.5. The predicted octanol–water partition coefficient (Wildman–Crippen LogP) is 1.61. The van der Waals surface area contributed by atoms with E-state index in [4.69, 9.17) is 0 Å². The van der Waals surface area contributed by atoms with Crippen LogP contribution in [0.5, 0.6) is 0 Å². The fraction of sp³-hybridized carbons (Fsp3) is 0.385. The standard InChI is InChI=1S/C13H19NO3S/c1-2-3-11-18(16,17)14-10-9-13(15)12-7-5-4-6-8-12/h2,4-8,13-15H,1,3,9-11H2. The Morgan fingerprint density at radius 3 is 2.61 bits per heavy atom. The first-order valence-corrected chi connectivity index (χ1v) is 7.51. The van der Waals surface area contributed by atoms with Gasteiger partial charge in [-0.05, 0) is 18.4 Å². The summed E-state index contributed by atoms with van der Waals surface area (Å²) in [5, 5.41) is 9.84. The molecule has 0 spiro atoms. The average molecular weight is 269 g/mol. The maximum Gasteiger partial charge on any atom is 0.211 e. The molecule has 0 bridgehead atoms. The van der Waals surface area contributed by atoms with Gasteiger partial charge in [0.25, 0.3) is 0 Å². The van der Waals surface area contributed by atoms with Gasteiger partial charge in [-0.2, -0.15) is 0 Å². The van der Waals surface area contributed by atoms with E-state index in [0.29, 0.717) is 12.8 Å². The van der Waals surface area contributed by atoms with Crippen molar-refractivity contribution in [2.24, 2.45) is 0 Å². The van der Waals surface area contributed by atoms with Crippen LogP contribution < -0.4 is 4.72 Å². The minimum atomic E-state index is -3.25. The molecule has 100 valence electrons. The van der Waals surface area contributed by atoms with E-state index >= 15 is 0 Å². The van der Waals surface area contributed by atoms with Gasteiger partial charge in [0.1, 0.15) is 0 Å². The summed E-state index contributed by atoms with van der Waals surface area (Å²) in [5.41, 5.74) is 0.794. The monoisotopic (exact) mass is 269 g/mol.